The maximum absolute atomic E-state index is 3.55. The minimum absolute atomic E-state index is 0.647. The lowest BCUT2D eigenvalue weighted by atomic mass is 10.0. The molecule has 3 rings (SSSR count). The third-order valence-corrected chi connectivity index (χ3v) is 4.65. The van der Waals surface area contributed by atoms with Crippen LogP contribution in [0.3, 0.4) is 0 Å². The fourth-order valence-corrected chi connectivity index (χ4v) is 3.61. The van der Waals surface area contributed by atoms with E-state index in [1.54, 1.807) is 0 Å². The van der Waals surface area contributed by atoms with Crippen LogP contribution >= 0.6 is 0 Å². The zero-order valence-electron chi connectivity index (χ0n) is 12.6. The molecule has 0 radical (unpaired) electrons. The number of hydrogen-bond donors (Lipinski definition) is 1. The number of hydrogen-bond acceptors (Lipinski definition) is 3. The van der Waals surface area contributed by atoms with Crippen LogP contribution in [0.15, 0.2) is 30.3 Å². The van der Waals surface area contributed by atoms with Gasteiger partial charge >= 0.3 is 0 Å². The summed E-state index contributed by atoms with van der Waals surface area (Å²) < 4.78 is 0. The van der Waals surface area contributed by atoms with E-state index in [0.717, 1.165) is 19.1 Å². The summed E-state index contributed by atoms with van der Waals surface area (Å²) in [6.45, 7) is 9.48. The molecule has 0 aliphatic carbocycles. The van der Waals surface area contributed by atoms with Gasteiger partial charge in [-0.05, 0) is 31.9 Å². The third kappa shape index (κ3) is 3.60. The standard InChI is InChI=1S/C17H27N3/c1-15-12-20(11-9-18-15)17-8-5-10-19(14-17)13-16-6-3-2-4-7-16/h2-4,6-7,15,17-18H,5,8-14H2,1H3. The van der Waals surface area contributed by atoms with Crippen molar-refractivity contribution in [1.29, 1.82) is 0 Å². The predicted molar refractivity (Wildman–Crippen MR) is 83.8 cm³/mol. The maximum atomic E-state index is 3.55. The molecule has 0 amide bonds. The molecule has 0 aromatic heterocycles. The van der Waals surface area contributed by atoms with Crippen LogP contribution in [-0.2, 0) is 6.54 Å². The molecule has 1 aromatic rings. The van der Waals surface area contributed by atoms with Gasteiger partial charge in [0.15, 0.2) is 0 Å². The summed E-state index contributed by atoms with van der Waals surface area (Å²) in [6, 6.07) is 12.3. The molecule has 2 unspecified atom stereocenters. The van der Waals surface area contributed by atoms with E-state index >= 15 is 0 Å². The van der Waals surface area contributed by atoms with Gasteiger partial charge in [0.2, 0.25) is 0 Å². The van der Waals surface area contributed by atoms with Gasteiger partial charge in [0.1, 0.15) is 0 Å². The molecule has 3 heteroatoms. The minimum atomic E-state index is 0.647. The Morgan fingerprint density at radius 2 is 2.00 bits per heavy atom. The molecule has 3 nitrogen and oxygen atoms in total. The Hall–Kier alpha value is -0.900. The molecule has 2 fully saturated rings. The van der Waals surface area contributed by atoms with Gasteiger partial charge in [-0.2, -0.15) is 0 Å². The fourth-order valence-electron chi connectivity index (χ4n) is 3.61. The molecular weight excluding hydrogens is 246 g/mol. The highest BCUT2D eigenvalue weighted by molar-refractivity contribution is 5.14. The highest BCUT2D eigenvalue weighted by atomic mass is 15.3. The van der Waals surface area contributed by atoms with Gasteiger partial charge in [0.25, 0.3) is 0 Å². The number of piperazine rings is 1. The van der Waals surface area contributed by atoms with E-state index in [9.17, 15) is 0 Å². The van der Waals surface area contributed by atoms with Crippen LogP contribution in [0, 0.1) is 0 Å². The van der Waals surface area contributed by atoms with Crippen LogP contribution < -0.4 is 5.32 Å². The van der Waals surface area contributed by atoms with Crippen LogP contribution in [0.25, 0.3) is 0 Å². The van der Waals surface area contributed by atoms with Gasteiger partial charge in [-0.25, -0.2) is 0 Å². The fraction of sp³-hybridized carbons (Fsp3) is 0.647. The molecule has 2 aliphatic rings. The first-order valence-electron chi connectivity index (χ1n) is 8.05. The predicted octanol–water partition coefficient (Wildman–Crippen LogP) is 1.94. The van der Waals surface area contributed by atoms with E-state index in [1.165, 1.54) is 44.6 Å². The van der Waals surface area contributed by atoms with Gasteiger partial charge in [-0.3, -0.25) is 9.80 Å². The van der Waals surface area contributed by atoms with Crippen molar-refractivity contribution in [3.63, 3.8) is 0 Å². The number of piperidine rings is 1. The zero-order valence-corrected chi connectivity index (χ0v) is 12.6. The molecule has 0 saturated carbocycles. The maximum Gasteiger partial charge on any atom is 0.0234 e. The van der Waals surface area contributed by atoms with E-state index in [-0.39, 0.29) is 0 Å². The molecule has 110 valence electrons. The summed E-state index contributed by atoms with van der Waals surface area (Å²) in [5.74, 6) is 0. The Kier molecular flexibility index (Phi) is 4.71. The van der Waals surface area contributed by atoms with Gasteiger partial charge < -0.3 is 5.32 Å². The van der Waals surface area contributed by atoms with Crippen molar-refractivity contribution in [2.45, 2.75) is 38.4 Å². The average molecular weight is 273 g/mol. The first kappa shape index (κ1) is 14.1. The van der Waals surface area contributed by atoms with Crippen molar-refractivity contribution < 1.29 is 0 Å². The SMILES string of the molecule is CC1CN(C2CCCN(Cc3ccccc3)C2)CCN1. The molecule has 20 heavy (non-hydrogen) atoms. The van der Waals surface area contributed by atoms with Crippen molar-refractivity contribution in [3.8, 4) is 0 Å². The monoisotopic (exact) mass is 273 g/mol. The van der Waals surface area contributed by atoms with E-state index in [0.29, 0.717) is 6.04 Å². The zero-order chi connectivity index (χ0) is 13.8. The Morgan fingerprint density at radius 3 is 2.80 bits per heavy atom. The highest BCUT2D eigenvalue weighted by Crippen LogP contribution is 2.19. The molecule has 1 N–H and O–H groups in total. The highest BCUT2D eigenvalue weighted by Gasteiger charge is 2.27. The number of likely N-dealkylation sites (tertiary alicyclic amines) is 1. The van der Waals surface area contributed by atoms with Gasteiger partial charge in [-0.1, -0.05) is 30.3 Å². The Balaban J connectivity index is 1.56. The lowest BCUT2D eigenvalue weighted by molar-refractivity contribution is 0.0733. The Bertz CT molecular complexity index is 406. The van der Waals surface area contributed by atoms with Gasteiger partial charge in [-0.15, -0.1) is 0 Å². The quantitative estimate of drug-likeness (QED) is 0.908. The van der Waals surface area contributed by atoms with Crippen molar-refractivity contribution >= 4 is 0 Å². The average Bonchev–Trinajstić information content (AvgIpc) is 2.49. The minimum Gasteiger partial charge on any atom is -0.312 e. The largest absolute Gasteiger partial charge is 0.312 e. The second-order valence-electron chi connectivity index (χ2n) is 6.37. The third-order valence-electron chi connectivity index (χ3n) is 4.65. The van der Waals surface area contributed by atoms with Crippen molar-refractivity contribution in [2.75, 3.05) is 32.7 Å². The van der Waals surface area contributed by atoms with Crippen molar-refractivity contribution in [3.05, 3.63) is 35.9 Å². The van der Waals surface area contributed by atoms with E-state index < -0.39 is 0 Å². The Morgan fingerprint density at radius 1 is 1.15 bits per heavy atom. The van der Waals surface area contributed by atoms with Gasteiger partial charge in [0, 0.05) is 44.8 Å². The van der Waals surface area contributed by atoms with Crippen LogP contribution in [0.5, 0.6) is 0 Å². The molecule has 2 atom stereocenters. The van der Waals surface area contributed by atoms with Crippen LogP contribution in [0.1, 0.15) is 25.3 Å². The number of benzene rings is 1. The number of rotatable bonds is 3. The summed E-state index contributed by atoms with van der Waals surface area (Å²) in [5, 5.41) is 3.55. The number of nitrogens with zero attached hydrogens (tertiary/aromatic N) is 2. The van der Waals surface area contributed by atoms with E-state index in [2.05, 4.69) is 52.4 Å². The van der Waals surface area contributed by atoms with Crippen molar-refractivity contribution in [2.24, 2.45) is 0 Å². The molecular formula is C17H27N3. The first-order valence-corrected chi connectivity index (χ1v) is 8.05. The van der Waals surface area contributed by atoms with Crippen LogP contribution in [-0.4, -0.2) is 54.6 Å². The van der Waals surface area contributed by atoms with E-state index in [4.69, 9.17) is 0 Å². The molecule has 2 heterocycles. The molecule has 0 spiro atoms. The smallest absolute Gasteiger partial charge is 0.0234 e. The second-order valence-corrected chi connectivity index (χ2v) is 6.37. The van der Waals surface area contributed by atoms with Crippen LogP contribution in [0.4, 0.5) is 0 Å². The van der Waals surface area contributed by atoms with Crippen molar-refractivity contribution in [1.82, 2.24) is 15.1 Å². The molecule has 0 bridgehead atoms. The summed E-state index contributed by atoms with van der Waals surface area (Å²) in [7, 11) is 0. The second kappa shape index (κ2) is 6.70. The normalized spacial score (nSPS) is 29.4. The topological polar surface area (TPSA) is 18.5 Å². The van der Waals surface area contributed by atoms with Crippen LogP contribution in [0.2, 0.25) is 0 Å². The summed E-state index contributed by atoms with van der Waals surface area (Å²) in [4.78, 5) is 5.34. The first-order chi connectivity index (χ1) is 9.81. The number of nitrogens with one attached hydrogen (secondary N) is 1. The lowest BCUT2D eigenvalue weighted by Crippen LogP contribution is -2.56. The molecule has 2 aliphatic heterocycles. The summed E-state index contributed by atoms with van der Waals surface area (Å²) in [6.07, 6.45) is 2.72. The summed E-state index contributed by atoms with van der Waals surface area (Å²) in [5.41, 5.74) is 1.45. The summed E-state index contributed by atoms with van der Waals surface area (Å²) >= 11 is 0. The van der Waals surface area contributed by atoms with Gasteiger partial charge in [0.05, 0.1) is 0 Å². The lowest BCUT2D eigenvalue weighted by Gasteiger charge is -2.42. The Labute approximate surface area is 123 Å². The molecule has 2 saturated heterocycles. The molecule has 1 aromatic carbocycles. The van der Waals surface area contributed by atoms with E-state index in [1.807, 2.05) is 0 Å².